The van der Waals surface area contributed by atoms with Crippen molar-refractivity contribution >= 4 is 33.8 Å². The molecule has 30 heavy (non-hydrogen) atoms. The Morgan fingerprint density at radius 1 is 1.07 bits per heavy atom. The number of benzene rings is 2. The van der Waals surface area contributed by atoms with E-state index in [2.05, 4.69) is 5.32 Å². The lowest BCUT2D eigenvalue weighted by atomic mass is 10.0. The zero-order chi connectivity index (χ0) is 21.4. The third-order valence-corrected chi connectivity index (χ3v) is 5.20. The first kappa shape index (κ1) is 19.4. The predicted molar refractivity (Wildman–Crippen MR) is 110 cm³/mol. The second-order valence-electron chi connectivity index (χ2n) is 7.18. The van der Waals surface area contributed by atoms with Crippen molar-refractivity contribution < 1.29 is 23.5 Å². The van der Waals surface area contributed by atoms with Gasteiger partial charge < -0.3 is 19.3 Å². The fourth-order valence-electron chi connectivity index (χ4n) is 3.55. The molecule has 7 nitrogen and oxygen atoms in total. The largest absolute Gasteiger partial charge is 0.479 e. The van der Waals surface area contributed by atoms with Gasteiger partial charge in [-0.25, -0.2) is 9.59 Å². The van der Waals surface area contributed by atoms with Crippen LogP contribution in [0.4, 0.5) is 0 Å². The van der Waals surface area contributed by atoms with Gasteiger partial charge in [0, 0.05) is 16.8 Å². The summed E-state index contributed by atoms with van der Waals surface area (Å²) in [5, 5.41) is 13.6. The van der Waals surface area contributed by atoms with Gasteiger partial charge in [0.25, 0.3) is 0 Å². The van der Waals surface area contributed by atoms with Crippen molar-refractivity contribution in [1.29, 1.82) is 0 Å². The first-order valence-electron chi connectivity index (χ1n) is 9.36. The van der Waals surface area contributed by atoms with Crippen LogP contribution >= 0.6 is 0 Å². The highest BCUT2D eigenvalue weighted by Gasteiger charge is 2.23. The van der Waals surface area contributed by atoms with E-state index in [1.807, 2.05) is 13.0 Å². The van der Waals surface area contributed by atoms with E-state index in [0.29, 0.717) is 27.7 Å². The molecule has 0 aliphatic heterocycles. The van der Waals surface area contributed by atoms with Gasteiger partial charge in [-0.1, -0.05) is 30.3 Å². The smallest absolute Gasteiger partial charge is 0.340 e. The lowest BCUT2D eigenvalue weighted by Crippen LogP contribution is -2.35. The number of hydrogen-bond acceptors (Lipinski definition) is 5. The van der Waals surface area contributed by atoms with Crippen LogP contribution < -0.4 is 10.9 Å². The molecule has 2 N–H and O–H groups in total. The molecule has 2 heterocycles. The summed E-state index contributed by atoms with van der Waals surface area (Å²) in [5.41, 5.74) is 2.55. The van der Waals surface area contributed by atoms with Gasteiger partial charge >= 0.3 is 11.6 Å². The maximum absolute atomic E-state index is 12.6. The van der Waals surface area contributed by atoms with E-state index in [-0.39, 0.29) is 12.0 Å². The fourth-order valence-corrected chi connectivity index (χ4v) is 3.55. The second-order valence-corrected chi connectivity index (χ2v) is 7.18. The Morgan fingerprint density at radius 2 is 1.80 bits per heavy atom. The van der Waals surface area contributed by atoms with Gasteiger partial charge in [0.05, 0.1) is 18.2 Å². The summed E-state index contributed by atoms with van der Waals surface area (Å²) < 4.78 is 10.9. The van der Waals surface area contributed by atoms with E-state index in [1.165, 1.54) is 0 Å². The zero-order valence-electron chi connectivity index (χ0n) is 16.4. The normalized spacial score (nSPS) is 12.2. The molecular formula is C23H19NO6. The average Bonchev–Trinajstić information content (AvgIpc) is 3.08. The number of carboxylic acids is 1. The van der Waals surface area contributed by atoms with Gasteiger partial charge in [0.15, 0.2) is 6.04 Å². The number of carboxylic acid groups (broad SMARTS) is 1. The van der Waals surface area contributed by atoms with Crippen molar-refractivity contribution in [3.05, 3.63) is 81.4 Å². The maximum Gasteiger partial charge on any atom is 0.340 e. The van der Waals surface area contributed by atoms with E-state index in [9.17, 15) is 19.5 Å². The van der Waals surface area contributed by atoms with Crippen molar-refractivity contribution in [2.24, 2.45) is 0 Å². The quantitative estimate of drug-likeness (QED) is 0.491. The van der Waals surface area contributed by atoms with Crippen LogP contribution in [0, 0.1) is 13.8 Å². The number of aliphatic carboxylic acids is 1. The minimum Gasteiger partial charge on any atom is -0.479 e. The van der Waals surface area contributed by atoms with Gasteiger partial charge in [0.2, 0.25) is 5.91 Å². The molecule has 0 saturated heterocycles. The molecule has 4 rings (SSSR count). The Labute approximate surface area is 170 Å². The number of carbonyl (C=O) groups is 2. The summed E-state index contributed by atoms with van der Waals surface area (Å²) in [6.07, 6.45) is 1.34. The molecule has 2 aromatic carbocycles. The van der Waals surface area contributed by atoms with E-state index >= 15 is 0 Å². The highest BCUT2D eigenvalue weighted by atomic mass is 16.4. The molecule has 0 radical (unpaired) electrons. The van der Waals surface area contributed by atoms with E-state index in [4.69, 9.17) is 8.83 Å². The zero-order valence-corrected chi connectivity index (χ0v) is 16.4. The van der Waals surface area contributed by atoms with Crippen LogP contribution in [0.25, 0.3) is 21.9 Å². The summed E-state index contributed by atoms with van der Waals surface area (Å²) in [7, 11) is 0. The molecule has 0 aliphatic carbocycles. The fraction of sp³-hybridized carbons (Fsp3) is 0.174. The summed E-state index contributed by atoms with van der Waals surface area (Å²) in [5.74, 6) is -1.77. The van der Waals surface area contributed by atoms with Crippen LogP contribution in [-0.2, 0) is 16.0 Å². The van der Waals surface area contributed by atoms with Crippen LogP contribution in [0.1, 0.15) is 28.3 Å². The second kappa shape index (κ2) is 7.51. The van der Waals surface area contributed by atoms with Crippen LogP contribution in [0.15, 0.2) is 62.4 Å². The van der Waals surface area contributed by atoms with Crippen molar-refractivity contribution in [3.63, 3.8) is 0 Å². The average molecular weight is 405 g/mol. The number of furan rings is 1. The molecule has 0 unspecified atom stereocenters. The van der Waals surface area contributed by atoms with Gasteiger partial charge in [-0.3, -0.25) is 4.79 Å². The molecule has 0 fully saturated rings. The first-order chi connectivity index (χ1) is 14.3. The number of aryl methyl sites for hydroxylation is 2. The van der Waals surface area contributed by atoms with Crippen molar-refractivity contribution in [1.82, 2.24) is 5.32 Å². The van der Waals surface area contributed by atoms with Gasteiger partial charge in [-0.05, 0) is 36.6 Å². The van der Waals surface area contributed by atoms with Gasteiger partial charge in [-0.2, -0.15) is 0 Å². The molecular weight excluding hydrogens is 386 g/mol. The Hall–Kier alpha value is -3.87. The molecule has 1 amide bonds. The summed E-state index contributed by atoms with van der Waals surface area (Å²) >= 11 is 0. The number of carbonyl (C=O) groups excluding carboxylic acids is 1. The Kier molecular flexibility index (Phi) is 4.87. The number of fused-ring (bicyclic) bond motifs is 2. The molecule has 152 valence electrons. The molecule has 0 bridgehead atoms. The standard InChI is InChI=1S/C23H19NO6/c1-12-11-29-18-10-19-16(8-15(12)18)13(2)17(23(28)30-19)9-20(25)24-21(22(26)27)14-6-4-3-5-7-14/h3-8,10-11,21H,9H2,1-2H3,(H,24,25)(H,26,27)/t21-/m0/s1. The summed E-state index contributed by atoms with van der Waals surface area (Å²) in [6.45, 7) is 3.66. The third kappa shape index (κ3) is 3.45. The molecule has 1 atom stereocenters. The van der Waals surface area contributed by atoms with Gasteiger partial charge in [-0.15, -0.1) is 0 Å². The Morgan fingerprint density at radius 3 is 2.50 bits per heavy atom. The van der Waals surface area contributed by atoms with Crippen molar-refractivity contribution in [2.45, 2.75) is 26.3 Å². The van der Waals surface area contributed by atoms with Crippen LogP contribution in [0.3, 0.4) is 0 Å². The molecule has 2 aromatic heterocycles. The third-order valence-electron chi connectivity index (χ3n) is 5.20. The molecule has 7 heteroatoms. The lowest BCUT2D eigenvalue weighted by molar-refractivity contribution is -0.142. The molecule has 0 saturated carbocycles. The topological polar surface area (TPSA) is 110 Å². The van der Waals surface area contributed by atoms with E-state index in [0.717, 1.165) is 10.9 Å². The Balaban J connectivity index is 1.68. The summed E-state index contributed by atoms with van der Waals surface area (Å²) in [4.78, 5) is 36.7. The number of rotatable bonds is 5. The molecule has 0 spiro atoms. The van der Waals surface area contributed by atoms with Crippen molar-refractivity contribution in [2.75, 3.05) is 0 Å². The van der Waals surface area contributed by atoms with Crippen LogP contribution in [0.5, 0.6) is 0 Å². The Bertz CT molecular complexity index is 1330. The number of hydrogen-bond donors (Lipinski definition) is 2. The first-order valence-corrected chi connectivity index (χ1v) is 9.36. The highest BCUT2D eigenvalue weighted by Crippen LogP contribution is 2.29. The minimum atomic E-state index is -1.21. The summed E-state index contributed by atoms with van der Waals surface area (Å²) in [6, 6.07) is 10.7. The number of amides is 1. The van der Waals surface area contributed by atoms with Crippen LogP contribution in [0.2, 0.25) is 0 Å². The maximum atomic E-state index is 12.6. The molecule has 0 aliphatic rings. The van der Waals surface area contributed by atoms with E-state index < -0.39 is 23.5 Å². The monoisotopic (exact) mass is 405 g/mol. The SMILES string of the molecule is Cc1coc2cc3oc(=O)c(CC(=O)N[C@H](C(=O)O)c4ccccc4)c(C)c3cc12. The van der Waals surface area contributed by atoms with Crippen LogP contribution in [-0.4, -0.2) is 17.0 Å². The van der Waals surface area contributed by atoms with E-state index in [1.54, 1.807) is 49.6 Å². The number of nitrogens with one attached hydrogen (secondary N) is 1. The van der Waals surface area contributed by atoms with Crippen molar-refractivity contribution in [3.8, 4) is 0 Å². The minimum absolute atomic E-state index is 0.192. The lowest BCUT2D eigenvalue weighted by Gasteiger charge is -2.15. The van der Waals surface area contributed by atoms with Gasteiger partial charge in [0.1, 0.15) is 11.2 Å². The molecule has 4 aromatic rings. The highest BCUT2D eigenvalue weighted by molar-refractivity contribution is 5.96. The predicted octanol–water partition coefficient (Wildman–Crippen LogP) is 3.64.